The minimum Gasteiger partial charge on any atom is -0.477 e. The number of hydrogen-bond acceptors (Lipinski definition) is 6. The maximum Gasteiger partial charge on any atom is 0.407 e. The first-order chi connectivity index (χ1) is 17.4. The van der Waals surface area contributed by atoms with Crippen molar-refractivity contribution in [3.05, 3.63) is 15.8 Å². The third kappa shape index (κ3) is 8.47. The Morgan fingerprint density at radius 3 is 2.54 bits per heavy atom. The Balaban J connectivity index is 1.81. The number of carbonyl (C=O) groups excluding carboxylic acids is 2. The number of nitrogens with one attached hydrogen (secondary N) is 1. The minimum absolute atomic E-state index is 0.0549. The fraction of sp³-hybridized carbons (Fsp3) is 0.679. The maximum atomic E-state index is 13.9. The summed E-state index contributed by atoms with van der Waals surface area (Å²) in [6, 6.07) is 1.40. The van der Waals surface area contributed by atoms with Crippen molar-refractivity contribution in [1.82, 2.24) is 5.32 Å². The van der Waals surface area contributed by atoms with Crippen LogP contribution in [0.25, 0.3) is 0 Å². The van der Waals surface area contributed by atoms with Crippen molar-refractivity contribution in [2.45, 2.75) is 85.3 Å². The van der Waals surface area contributed by atoms with E-state index in [0.717, 1.165) is 37.0 Å². The summed E-state index contributed by atoms with van der Waals surface area (Å²) in [5.41, 5.74) is 0.151. The summed E-state index contributed by atoms with van der Waals surface area (Å²) in [6.07, 6.45) is 3.93. The summed E-state index contributed by atoms with van der Waals surface area (Å²) in [5, 5.41) is 12.7. The van der Waals surface area contributed by atoms with Gasteiger partial charge in [0.1, 0.15) is 11.0 Å². The number of alkyl carbamates (subject to hydrolysis) is 1. The number of hydrogen-bond donors (Lipinski definition) is 2. The van der Waals surface area contributed by atoms with Gasteiger partial charge in [0.25, 0.3) is 0 Å². The lowest BCUT2D eigenvalue weighted by atomic mass is 9.82. The number of carboxylic acids is 1. The summed E-state index contributed by atoms with van der Waals surface area (Å²) >= 11 is 1.10. The van der Waals surface area contributed by atoms with Crippen molar-refractivity contribution in [2.75, 3.05) is 24.7 Å². The van der Waals surface area contributed by atoms with Crippen LogP contribution < -0.4 is 10.2 Å². The Morgan fingerprint density at radius 1 is 1.24 bits per heavy atom. The quantitative estimate of drug-likeness (QED) is 0.441. The van der Waals surface area contributed by atoms with E-state index in [0.29, 0.717) is 49.1 Å². The monoisotopic (exact) mass is 532 g/mol. The van der Waals surface area contributed by atoms with Gasteiger partial charge in [0.05, 0.1) is 23.8 Å². The molecule has 3 rings (SSSR count). The van der Waals surface area contributed by atoms with E-state index in [9.17, 15) is 19.5 Å². The first kappa shape index (κ1) is 29.0. The summed E-state index contributed by atoms with van der Waals surface area (Å²) in [6.45, 7) is 11.4. The van der Waals surface area contributed by atoms with Crippen LogP contribution in [-0.2, 0) is 14.3 Å². The zero-order valence-electron chi connectivity index (χ0n) is 22.6. The molecule has 0 aromatic carbocycles. The largest absolute Gasteiger partial charge is 0.477 e. The highest BCUT2D eigenvalue weighted by Crippen LogP contribution is 2.36. The molecule has 1 aromatic rings. The molecule has 0 radical (unpaired) electrons. The molecule has 2 fully saturated rings. The van der Waals surface area contributed by atoms with Crippen LogP contribution in [0.3, 0.4) is 0 Å². The Kier molecular flexibility index (Phi) is 10.0. The molecular weight excluding hydrogens is 492 g/mol. The van der Waals surface area contributed by atoms with Crippen molar-refractivity contribution in [3.63, 3.8) is 0 Å². The Morgan fingerprint density at radius 2 is 1.95 bits per heavy atom. The van der Waals surface area contributed by atoms with Gasteiger partial charge in [-0.1, -0.05) is 18.8 Å². The van der Waals surface area contributed by atoms with Gasteiger partial charge in [-0.25, -0.2) is 9.59 Å². The van der Waals surface area contributed by atoms with Gasteiger partial charge in [0.15, 0.2) is 0 Å². The predicted molar refractivity (Wildman–Crippen MR) is 144 cm³/mol. The van der Waals surface area contributed by atoms with Crippen LogP contribution >= 0.6 is 11.3 Å². The number of aromatic carboxylic acids is 1. The Bertz CT molecular complexity index is 1020. The molecule has 9 heteroatoms. The van der Waals surface area contributed by atoms with Gasteiger partial charge in [-0.2, -0.15) is 0 Å². The predicted octanol–water partition coefficient (Wildman–Crippen LogP) is 5.30. The van der Waals surface area contributed by atoms with Crippen LogP contribution in [0.1, 0.15) is 87.7 Å². The molecule has 2 N–H and O–H groups in total. The Hall–Kier alpha value is -2.57. The lowest BCUT2D eigenvalue weighted by Crippen LogP contribution is -2.45. The van der Waals surface area contributed by atoms with E-state index in [1.807, 2.05) is 27.7 Å². The summed E-state index contributed by atoms with van der Waals surface area (Å²) < 4.78 is 10.6. The second kappa shape index (κ2) is 12.8. The highest BCUT2D eigenvalue weighted by Gasteiger charge is 2.34. The van der Waals surface area contributed by atoms with Crippen LogP contribution in [0, 0.1) is 29.1 Å². The van der Waals surface area contributed by atoms with Gasteiger partial charge in [-0.3, -0.25) is 4.79 Å². The summed E-state index contributed by atoms with van der Waals surface area (Å²) in [5.74, 6) is 5.56. The molecule has 2 amide bonds. The van der Waals surface area contributed by atoms with E-state index in [4.69, 9.17) is 9.47 Å². The van der Waals surface area contributed by atoms with Crippen molar-refractivity contribution in [3.8, 4) is 11.8 Å². The first-order valence-electron chi connectivity index (χ1n) is 13.2. The minimum atomic E-state index is -1.08. The van der Waals surface area contributed by atoms with Gasteiger partial charge >= 0.3 is 12.1 Å². The van der Waals surface area contributed by atoms with Crippen LogP contribution in [0.4, 0.5) is 10.5 Å². The smallest absolute Gasteiger partial charge is 0.407 e. The molecule has 1 saturated carbocycles. The van der Waals surface area contributed by atoms with Gasteiger partial charge in [0.2, 0.25) is 5.91 Å². The van der Waals surface area contributed by atoms with Crippen LogP contribution in [0.5, 0.6) is 0 Å². The average molecular weight is 533 g/mol. The zero-order chi connectivity index (χ0) is 27.2. The first-order valence-corrected chi connectivity index (χ1v) is 14.0. The standard InChI is InChI=1S/C28H40N2O6S/c1-18-6-8-20(9-7-18)25(31)30(19(2)11-14-29-27(34)36-21-12-15-35-17-21)23-16-22(10-13-28(3,4)5)37-24(23)26(32)33/h16,18-21H,6-9,11-12,14-15,17H2,1-5H3,(H,29,34)(H,32,33). The van der Waals surface area contributed by atoms with Crippen LogP contribution in [-0.4, -0.2) is 55.0 Å². The zero-order valence-corrected chi connectivity index (χ0v) is 23.4. The summed E-state index contributed by atoms with van der Waals surface area (Å²) in [4.78, 5) is 40.6. The molecule has 204 valence electrons. The molecule has 1 aliphatic carbocycles. The van der Waals surface area contributed by atoms with Crippen molar-refractivity contribution in [2.24, 2.45) is 17.3 Å². The van der Waals surface area contributed by atoms with Crippen LogP contribution in [0.15, 0.2) is 6.07 Å². The summed E-state index contributed by atoms with van der Waals surface area (Å²) in [7, 11) is 0. The second-order valence-corrected chi connectivity index (χ2v) is 12.3. The van der Waals surface area contributed by atoms with E-state index in [1.54, 1.807) is 11.0 Å². The fourth-order valence-electron chi connectivity index (χ4n) is 4.61. The average Bonchev–Trinajstić information content (AvgIpc) is 3.48. The van der Waals surface area contributed by atoms with Crippen molar-refractivity contribution < 1.29 is 29.0 Å². The molecule has 1 aromatic heterocycles. The van der Waals surface area contributed by atoms with Gasteiger partial charge in [0, 0.05) is 30.3 Å². The molecule has 2 aliphatic rings. The lowest BCUT2D eigenvalue weighted by Gasteiger charge is -2.35. The van der Waals surface area contributed by atoms with Gasteiger partial charge in [-0.15, -0.1) is 11.3 Å². The number of thiophene rings is 1. The SMILES string of the molecule is CC1CCC(C(=O)N(c2cc(C#CC(C)(C)C)sc2C(=O)O)C(C)CCNC(=O)OC2CCOC2)CC1. The maximum absolute atomic E-state index is 13.9. The molecule has 2 atom stereocenters. The molecule has 2 heterocycles. The molecule has 8 nitrogen and oxygen atoms in total. The van der Waals surface area contributed by atoms with E-state index in [1.165, 1.54) is 0 Å². The van der Waals surface area contributed by atoms with Gasteiger partial charge < -0.3 is 24.8 Å². The molecule has 0 spiro atoms. The topological polar surface area (TPSA) is 105 Å². The number of ether oxygens (including phenoxy) is 2. The molecule has 37 heavy (non-hydrogen) atoms. The highest BCUT2D eigenvalue weighted by atomic mass is 32.1. The Labute approximate surface area is 224 Å². The number of nitrogens with zero attached hydrogens (tertiary/aromatic N) is 1. The third-order valence-corrected chi connectivity index (χ3v) is 7.79. The normalized spacial score (nSPS) is 22.5. The van der Waals surface area contributed by atoms with E-state index < -0.39 is 12.1 Å². The highest BCUT2D eigenvalue weighted by molar-refractivity contribution is 7.15. The number of carbonyl (C=O) groups is 3. The number of anilines is 1. The van der Waals surface area contributed by atoms with Crippen LogP contribution in [0.2, 0.25) is 0 Å². The molecule has 2 unspecified atom stereocenters. The molecule has 1 saturated heterocycles. The van der Waals surface area contributed by atoms with Crippen molar-refractivity contribution in [1.29, 1.82) is 0 Å². The molecule has 1 aliphatic heterocycles. The third-order valence-electron chi connectivity index (χ3n) is 6.76. The number of carboxylic acid groups (broad SMARTS) is 1. The fourth-order valence-corrected chi connectivity index (χ4v) is 5.45. The molecular formula is C28H40N2O6S. The van der Waals surface area contributed by atoms with Crippen molar-refractivity contribution >= 4 is 35.0 Å². The van der Waals surface area contributed by atoms with E-state index in [2.05, 4.69) is 24.1 Å². The van der Waals surface area contributed by atoms with E-state index >= 15 is 0 Å². The molecule has 0 bridgehead atoms. The number of rotatable bonds is 8. The number of amides is 2. The second-order valence-electron chi connectivity index (χ2n) is 11.3. The van der Waals surface area contributed by atoms with E-state index in [-0.39, 0.29) is 34.3 Å². The van der Waals surface area contributed by atoms with Gasteiger partial charge in [-0.05, 0) is 71.8 Å². The lowest BCUT2D eigenvalue weighted by molar-refractivity contribution is -0.124.